The number of anilines is 1. The number of methoxy groups -OCH3 is 1. The maximum Gasteiger partial charge on any atom is 0.324 e. The topological polar surface area (TPSA) is 175 Å². The van der Waals surface area contributed by atoms with E-state index < -0.39 is 53.3 Å². The normalized spacial score (nSPS) is 25.9. The molecule has 3 aromatic heterocycles. The fraction of sp³-hybridized carbons (Fsp3) is 0.596. The number of aryl methyl sites for hydroxylation is 1. The second-order valence-corrected chi connectivity index (χ2v) is 23.8. The second kappa shape index (κ2) is 21.4. The average Bonchev–Trinajstić information content (AvgIpc) is 3.96. The van der Waals surface area contributed by atoms with Crippen LogP contribution in [0.5, 0.6) is 0 Å². The molecule has 18 heteroatoms. The van der Waals surface area contributed by atoms with Gasteiger partial charge in [0.1, 0.15) is 23.1 Å². The first kappa shape index (κ1) is 52.7. The maximum absolute atomic E-state index is 15.0. The number of carbonyl (C=O) groups excluding carboxylic acids is 5. The summed E-state index contributed by atoms with van der Waals surface area (Å²) in [7, 11) is 3.36. The van der Waals surface area contributed by atoms with Crippen molar-refractivity contribution in [3.8, 4) is 21.8 Å². The number of aromatic nitrogens is 3. The number of cyclic esters (lactones) is 1. The third-order valence-electron chi connectivity index (χ3n) is 16.6. The molecule has 4 amide bonds. The molecule has 0 radical (unpaired) electrons. The van der Waals surface area contributed by atoms with Gasteiger partial charge in [0, 0.05) is 106 Å². The van der Waals surface area contributed by atoms with Crippen molar-refractivity contribution in [3.63, 3.8) is 0 Å². The first-order valence-corrected chi connectivity index (χ1v) is 28.3. The molecule has 0 spiro atoms. The van der Waals surface area contributed by atoms with Crippen LogP contribution in [0, 0.1) is 17.3 Å². The number of carbonyl (C=O) groups is 5. The molecule has 4 aromatic rings. The number of nitrogens with zero attached hydrogens (tertiary/aromatic N) is 8. The summed E-state index contributed by atoms with van der Waals surface area (Å²) < 4.78 is 14.7. The Hall–Kier alpha value is -5.69. The fourth-order valence-electron chi connectivity index (χ4n) is 12.4. The van der Waals surface area contributed by atoms with Crippen molar-refractivity contribution >= 4 is 63.6 Å². The van der Waals surface area contributed by atoms with Gasteiger partial charge in [-0.25, -0.2) is 10.4 Å². The average molecular weight is 1050 g/mol. The van der Waals surface area contributed by atoms with Crippen molar-refractivity contribution in [2.24, 2.45) is 17.3 Å². The number of hydrogen-bond acceptors (Lipinski definition) is 13. The number of amides is 4. The zero-order valence-corrected chi connectivity index (χ0v) is 46.1. The molecule has 4 fully saturated rings. The molecule has 1 aromatic carbocycles. The van der Waals surface area contributed by atoms with Crippen LogP contribution in [-0.2, 0) is 52.8 Å². The predicted molar refractivity (Wildman–Crippen MR) is 290 cm³/mol. The minimum absolute atomic E-state index is 0.0275. The smallest absolute Gasteiger partial charge is 0.324 e. The molecule has 402 valence electrons. The molecule has 5 aliphatic heterocycles. The van der Waals surface area contributed by atoms with Gasteiger partial charge in [-0.3, -0.25) is 38.9 Å². The number of piperazine rings is 1. The van der Waals surface area contributed by atoms with Crippen LogP contribution in [0.2, 0.25) is 0 Å². The van der Waals surface area contributed by atoms with Crippen molar-refractivity contribution in [1.82, 2.24) is 45.0 Å². The summed E-state index contributed by atoms with van der Waals surface area (Å²) in [5.41, 5.74) is 10.2. The Labute approximate surface area is 445 Å². The molecular weight excluding hydrogens is 969 g/mol. The molecule has 8 heterocycles. The number of thiazole rings is 1. The lowest BCUT2D eigenvalue weighted by atomic mass is 9.84. The van der Waals surface area contributed by atoms with Crippen molar-refractivity contribution in [3.05, 3.63) is 58.4 Å². The monoisotopic (exact) mass is 1040 g/mol. The number of esters is 1. The van der Waals surface area contributed by atoms with Gasteiger partial charge in [-0.2, -0.15) is 0 Å². The molecule has 7 bridgehead atoms. The van der Waals surface area contributed by atoms with Crippen LogP contribution in [0.25, 0.3) is 38.8 Å². The van der Waals surface area contributed by atoms with Crippen LogP contribution in [0.15, 0.2) is 36.5 Å². The van der Waals surface area contributed by atoms with E-state index >= 15 is 0 Å². The SMILES string of the molecule is CCC(=O)N1CC[C@@H]2C(=O)N(C)[C@@H](C(C)C)C(=O)N[C@H]3Cc4nc(sc4/C=C/[C@H]21)-c1ccc2c(c1)c(c(-c1cc(N4CCN(C5CC5)CC4)cnc1[C@H](C)OC)n2CC)CC(C)(C)COC(=O)[C@@H]1CCCN(N1)C3=O. The summed E-state index contributed by atoms with van der Waals surface area (Å²) in [5, 5.41) is 6.30. The van der Waals surface area contributed by atoms with E-state index in [0.29, 0.717) is 51.0 Å². The zero-order valence-electron chi connectivity index (χ0n) is 45.3. The van der Waals surface area contributed by atoms with Gasteiger partial charge in [-0.1, -0.05) is 40.7 Å². The molecule has 6 aliphatic rings. The molecule has 75 heavy (non-hydrogen) atoms. The molecule has 17 nitrogen and oxygen atoms in total. The van der Waals surface area contributed by atoms with E-state index in [0.717, 1.165) is 86.8 Å². The molecule has 2 N–H and O–H groups in total. The Morgan fingerprint density at radius 2 is 1.73 bits per heavy atom. The number of likely N-dealkylation sites (tertiary alicyclic amines) is 1. The standard InChI is InChI=1S/C57H76N10O7S/c1-10-48(68)66-22-20-38-45(66)18-19-47-43-29-44(59-52(69)50(33(3)4)62(8)54(38)70)55(71)67-21-12-13-42(61-67)56(72)74-32-57(6,7)30-41-39-27-35(53(60-43)75-47)14-17-46(39)65(11-2)51(41)40-28-37(31-58-49(40)34(5)73-9)64-25-23-63(24-26-64)36-15-16-36/h14,17-19,27-28,31,33-34,36,38,42,44-45,50,61H,10-13,15-16,20-26,29-30,32H2,1-9H3,(H,59,69)/b19-18+/t34-,38-,42-,44-,45+,50-/m0/s1. The summed E-state index contributed by atoms with van der Waals surface area (Å²) in [5.74, 6) is -2.52. The highest BCUT2D eigenvalue weighted by Gasteiger charge is 2.45. The van der Waals surface area contributed by atoms with E-state index in [1.54, 1.807) is 19.1 Å². The number of hydrogen-bond donors (Lipinski definition) is 2. The molecule has 1 aliphatic carbocycles. The third-order valence-corrected chi connectivity index (χ3v) is 17.7. The minimum atomic E-state index is -1.12. The number of hydrazine groups is 1. The van der Waals surface area contributed by atoms with Gasteiger partial charge in [-0.05, 0) is 94.2 Å². The minimum Gasteiger partial charge on any atom is -0.464 e. The Morgan fingerprint density at radius 1 is 0.960 bits per heavy atom. The highest BCUT2D eigenvalue weighted by Crippen LogP contribution is 2.44. The van der Waals surface area contributed by atoms with Crippen molar-refractivity contribution < 1.29 is 33.4 Å². The Balaban J connectivity index is 1.16. The molecule has 3 saturated heterocycles. The first-order chi connectivity index (χ1) is 36.0. The van der Waals surface area contributed by atoms with Crippen LogP contribution in [0.1, 0.15) is 115 Å². The summed E-state index contributed by atoms with van der Waals surface area (Å²) in [6.45, 7) is 19.5. The van der Waals surface area contributed by atoms with Crippen molar-refractivity contribution in [1.29, 1.82) is 0 Å². The van der Waals surface area contributed by atoms with E-state index in [1.165, 1.54) is 34.1 Å². The van der Waals surface area contributed by atoms with Crippen molar-refractivity contribution in [2.45, 2.75) is 143 Å². The van der Waals surface area contributed by atoms with Gasteiger partial charge in [-0.15, -0.1) is 11.3 Å². The highest BCUT2D eigenvalue weighted by molar-refractivity contribution is 7.16. The van der Waals surface area contributed by atoms with Crippen LogP contribution in [0.4, 0.5) is 5.69 Å². The maximum atomic E-state index is 15.0. The third kappa shape index (κ3) is 10.4. The molecule has 10 rings (SSSR count). The number of rotatable bonds is 8. The van der Waals surface area contributed by atoms with Gasteiger partial charge in [0.25, 0.3) is 5.91 Å². The van der Waals surface area contributed by atoms with Crippen molar-refractivity contribution in [2.75, 3.05) is 64.9 Å². The molecule has 6 atom stereocenters. The number of benzene rings is 1. The fourth-order valence-corrected chi connectivity index (χ4v) is 13.4. The van der Waals surface area contributed by atoms with Crippen LogP contribution < -0.4 is 15.6 Å². The quantitative estimate of drug-likeness (QED) is 0.181. The molecule has 0 unspecified atom stereocenters. The first-order valence-electron chi connectivity index (χ1n) is 27.4. The number of nitrogens with one attached hydrogen (secondary N) is 2. The second-order valence-electron chi connectivity index (χ2n) is 22.7. The van der Waals surface area contributed by atoms with Crippen LogP contribution in [-0.4, -0.2) is 154 Å². The Kier molecular flexibility index (Phi) is 15.0. The van der Waals surface area contributed by atoms with E-state index in [9.17, 15) is 24.0 Å². The summed E-state index contributed by atoms with van der Waals surface area (Å²) in [6, 6.07) is 6.13. The van der Waals surface area contributed by atoms with E-state index in [1.807, 2.05) is 46.0 Å². The lowest BCUT2D eigenvalue weighted by Gasteiger charge is -2.37. The number of ether oxygens (including phenoxy) is 2. The lowest BCUT2D eigenvalue weighted by Crippen LogP contribution is -2.62. The molecule has 1 saturated carbocycles. The van der Waals surface area contributed by atoms with Gasteiger partial charge in [0.15, 0.2) is 0 Å². The largest absolute Gasteiger partial charge is 0.464 e. The van der Waals surface area contributed by atoms with Gasteiger partial charge >= 0.3 is 5.97 Å². The van der Waals surface area contributed by atoms with Gasteiger partial charge < -0.3 is 34.1 Å². The molecular formula is C57H76N10O7S. The van der Waals surface area contributed by atoms with Crippen LogP contribution in [0.3, 0.4) is 0 Å². The highest BCUT2D eigenvalue weighted by atomic mass is 32.1. The van der Waals surface area contributed by atoms with Gasteiger partial charge in [0.2, 0.25) is 17.7 Å². The summed E-state index contributed by atoms with van der Waals surface area (Å²) in [4.78, 5) is 91.8. The predicted octanol–water partition coefficient (Wildman–Crippen LogP) is 6.62. The van der Waals surface area contributed by atoms with E-state index in [4.69, 9.17) is 19.4 Å². The Bertz CT molecular complexity index is 2880. The number of fused-ring (bicyclic) bond motifs is 7. The lowest BCUT2D eigenvalue weighted by molar-refractivity contribution is -0.155. The van der Waals surface area contributed by atoms with E-state index in [-0.39, 0.29) is 43.3 Å². The zero-order chi connectivity index (χ0) is 53.0. The number of likely N-dealkylation sites (N-methyl/N-ethyl adjacent to an activating group) is 1. The van der Waals surface area contributed by atoms with Gasteiger partial charge in [0.05, 0.1) is 58.5 Å². The number of pyridine rings is 1. The summed E-state index contributed by atoms with van der Waals surface area (Å²) in [6.07, 6.45) is 10.5. The Morgan fingerprint density at radius 3 is 2.44 bits per heavy atom. The summed E-state index contributed by atoms with van der Waals surface area (Å²) >= 11 is 1.48. The van der Waals surface area contributed by atoms with Crippen LogP contribution >= 0.6 is 11.3 Å². The van der Waals surface area contributed by atoms with E-state index in [2.05, 4.69) is 70.1 Å².